The Morgan fingerprint density at radius 1 is 1.14 bits per heavy atom. The minimum atomic E-state index is 0.839. The van der Waals surface area contributed by atoms with Gasteiger partial charge in [-0.2, -0.15) is 0 Å². The van der Waals surface area contributed by atoms with Gasteiger partial charge >= 0.3 is 0 Å². The quantitative estimate of drug-likeness (QED) is 0.739. The second-order valence-corrected chi connectivity index (χ2v) is 4.80. The van der Waals surface area contributed by atoms with E-state index < -0.39 is 0 Å². The van der Waals surface area contributed by atoms with Crippen LogP contribution in [0.2, 0.25) is 0 Å². The molecule has 0 aromatic heterocycles. The first kappa shape index (κ1) is 9.72. The molecule has 76 valence electrons. The molecule has 0 unspecified atom stereocenters. The van der Waals surface area contributed by atoms with Gasteiger partial charge in [0.2, 0.25) is 0 Å². The molecular formula is C13H20N+. The van der Waals surface area contributed by atoms with E-state index in [0.29, 0.717) is 0 Å². The van der Waals surface area contributed by atoms with Crippen molar-refractivity contribution in [3.63, 3.8) is 0 Å². The van der Waals surface area contributed by atoms with Crippen molar-refractivity contribution in [2.45, 2.75) is 33.4 Å². The maximum Gasteiger partial charge on any atom is 0.104 e. The van der Waals surface area contributed by atoms with Crippen LogP contribution in [-0.4, -0.2) is 6.54 Å². The molecule has 0 spiro atoms. The molecule has 1 heterocycles. The van der Waals surface area contributed by atoms with E-state index in [9.17, 15) is 0 Å². The van der Waals surface area contributed by atoms with Crippen LogP contribution in [0.15, 0.2) is 24.3 Å². The summed E-state index contributed by atoms with van der Waals surface area (Å²) in [5.41, 5.74) is 3.12. The molecule has 2 rings (SSSR count). The fourth-order valence-corrected chi connectivity index (χ4v) is 2.17. The topological polar surface area (TPSA) is 4.44 Å². The minimum Gasteiger partial charge on any atom is -0.327 e. The number of hydrogen-bond donors (Lipinski definition) is 1. The number of benzene rings is 1. The molecule has 0 atom stereocenters. The predicted molar refractivity (Wildman–Crippen MR) is 59.1 cm³/mol. The van der Waals surface area contributed by atoms with Crippen LogP contribution >= 0.6 is 0 Å². The number of nitrogens with one attached hydrogen (secondary N) is 1. The summed E-state index contributed by atoms with van der Waals surface area (Å²) in [6.45, 7) is 8.42. The van der Waals surface area contributed by atoms with Gasteiger partial charge in [-0.05, 0) is 12.3 Å². The summed E-state index contributed by atoms with van der Waals surface area (Å²) in [6, 6.07) is 8.86. The molecule has 1 heteroatoms. The maximum atomic E-state index is 2.31. The van der Waals surface area contributed by atoms with E-state index in [1.54, 1.807) is 16.0 Å². The van der Waals surface area contributed by atoms with E-state index in [2.05, 4.69) is 38.1 Å². The molecule has 1 nitrogen and oxygen atoms in total. The highest BCUT2D eigenvalue weighted by molar-refractivity contribution is 5.27. The highest BCUT2D eigenvalue weighted by atomic mass is 15.1. The summed E-state index contributed by atoms with van der Waals surface area (Å²) in [6.07, 6.45) is 1.35. The molecule has 0 saturated carbocycles. The van der Waals surface area contributed by atoms with Crippen LogP contribution in [0.1, 0.15) is 31.4 Å². The van der Waals surface area contributed by atoms with Gasteiger partial charge < -0.3 is 4.90 Å². The van der Waals surface area contributed by atoms with Crippen molar-refractivity contribution in [1.29, 1.82) is 0 Å². The van der Waals surface area contributed by atoms with E-state index in [1.165, 1.54) is 26.1 Å². The number of fused-ring (bicyclic) bond motifs is 1. The van der Waals surface area contributed by atoms with Gasteiger partial charge in [0.25, 0.3) is 0 Å². The molecule has 1 N–H and O–H groups in total. The van der Waals surface area contributed by atoms with Gasteiger partial charge in [-0.25, -0.2) is 0 Å². The van der Waals surface area contributed by atoms with Crippen molar-refractivity contribution >= 4 is 0 Å². The zero-order chi connectivity index (χ0) is 9.97. The molecule has 1 aliphatic rings. The average molecular weight is 190 g/mol. The van der Waals surface area contributed by atoms with E-state index in [0.717, 1.165) is 5.92 Å². The van der Waals surface area contributed by atoms with Crippen molar-refractivity contribution in [2.24, 2.45) is 5.92 Å². The van der Waals surface area contributed by atoms with Crippen LogP contribution in [0.3, 0.4) is 0 Å². The monoisotopic (exact) mass is 190 g/mol. The summed E-state index contributed by atoms with van der Waals surface area (Å²) in [5.74, 6) is 0.839. The van der Waals surface area contributed by atoms with Crippen LogP contribution in [0.25, 0.3) is 0 Å². The van der Waals surface area contributed by atoms with Crippen LogP contribution in [0, 0.1) is 5.92 Å². The summed E-state index contributed by atoms with van der Waals surface area (Å²) in [5, 5.41) is 0. The lowest BCUT2D eigenvalue weighted by Gasteiger charge is -2.13. The van der Waals surface area contributed by atoms with Crippen molar-refractivity contribution < 1.29 is 4.90 Å². The maximum absolute atomic E-state index is 2.31. The van der Waals surface area contributed by atoms with E-state index in [1.807, 2.05) is 0 Å². The van der Waals surface area contributed by atoms with E-state index in [-0.39, 0.29) is 0 Å². The Labute approximate surface area is 86.7 Å². The van der Waals surface area contributed by atoms with Crippen molar-refractivity contribution in [3.8, 4) is 0 Å². The Bertz CT molecular complexity index is 279. The van der Waals surface area contributed by atoms with Gasteiger partial charge in [0.05, 0.1) is 6.54 Å². The zero-order valence-corrected chi connectivity index (χ0v) is 9.22. The Balaban J connectivity index is 1.92. The van der Waals surface area contributed by atoms with Crippen LogP contribution in [0.5, 0.6) is 0 Å². The standard InChI is InChI=1S/C13H19N/c1-11(2)7-8-14-9-12-5-3-4-6-13(12)10-14/h3-6,11H,7-10H2,1-2H3/p+1. The highest BCUT2D eigenvalue weighted by Crippen LogP contribution is 2.10. The number of rotatable bonds is 3. The van der Waals surface area contributed by atoms with Gasteiger partial charge in [0.15, 0.2) is 0 Å². The first-order chi connectivity index (χ1) is 6.75. The average Bonchev–Trinajstić information content (AvgIpc) is 2.57. The summed E-state index contributed by atoms with van der Waals surface area (Å²) < 4.78 is 0. The third-order valence-corrected chi connectivity index (χ3v) is 3.07. The second kappa shape index (κ2) is 4.14. The largest absolute Gasteiger partial charge is 0.327 e. The summed E-state index contributed by atoms with van der Waals surface area (Å²) in [4.78, 5) is 1.74. The minimum absolute atomic E-state index is 0.839. The van der Waals surface area contributed by atoms with Gasteiger partial charge in [0.1, 0.15) is 13.1 Å². The van der Waals surface area contributed by atoms with Gasteiger partial charge in [0, 0.05) is 11.1 Å². The first-order valence-corrected chi connectivity index (χ1v) is 5.66. The van der Waals surface area contributed by atoms with Crippen molar-refractivity contribution in [3.05, 3.63) is 35.4 Å². The molecule has 0 fully saturated rings. The van der Waals surface area contributed by atoms with Crippen LogP contribution < -0.4 is 4.90 Å². The second-order valence-electron chi connectivity index (χ2n) is 4.80. The van der Waals surface area contributed by atoms with Gasteiger partial charge in [-0.1, -0.05) is 38.1 Å². The fraction of sp³-hybridized carbons (Fsp3) is 0.538. The Morgan fingerprint density at radius 3 is 2.21 bits per heavy atom. The lowest BCUT2D eigenvalue weighted by atomic mass is 10.1. The third kappa shape index (κ3) is 2.16. The van der Waals surface area contributed by atoms with E-state index in [4.69, 9.17) is 0 Å². The lowest BCUT2D eigenvalue weighted by Crippen LogP contribution is -3.07. The number of quaternary nitrogens is 1. The van der Waals surface area contributed by atoms with Crippen LogP contribution in [-0.2, 0) is 13.1 Å². The molecule has 0 saturated heterocycles. The zero-order valence-electron chi connectivity index (χ0n) is 9.22. The highest BCUT2D eigenvalue weighted by Gasteiger charge is 2.21. The molecular weight excluding hydrogens is 170 g/mol. The fourth-order valence-electron chi connectivity index (χ4n) is 2.17. The third-order valence-electron chi connectivity index (χ3n) is 3.07. The summed E-state index contributed by atoms with van der Waals surface area (Å²) >= 11 is 0. The van der Waals surface area contributed by atoms with Gasteiger partial charge in [-0.15, -0.1) is 0 Å². The molecule has 0 bridgehead atoms. The molecule has 1 aromatic rings. The van der Waals surface area contributed by atoms with Crippen LogP contribution in [0.4, 0.5) is 0 Å². The Morgan fingerprint density at radius 2 is 1.71 bits per heavy atom. The SMILES string of the molecule is CC(C)CC[NH+]1Cc2ccccc2C1. The molecule has 1 aromatic carbocycles. The molecule has 0 aliphatic carbocycles. The Kier molecular flexibility index (Phi) is 2.87. The van der Waals surface area contributed by atoms with E-state index >= 15 is 0 Å². The lowest BCUT2D eigenvalue weighted by molar-refractivity contribution is -0.921. The Hall–Kier alpha value is -0.820. The molecule has 1 aliphatic heterocycles. The molecule has 0 amide bonds. The number of hydrogen-bond acceptors (Lipinski definition) is 0. The van der Waals surface area contributed by atoms with Gasteiger partial charge in [-0.3, -0.25) is 0 Å². The first-order valence-electron chi connectivity index (χ1n) is 5.66. The smallest absolute Gasteiger partial charge is 0.104 e. The van der Waals surface area contributed by atoms with Crippen molar-refractivity contribution in [1.82, 2.24) is 0 Å². The predicted octanol–water partition coefficient (Wildman–Crippen LogP) is 1.63. The van der Waals surface area contributed by atoms with Crippen molar-refractivity contribution in [2.75, 3.05) is 6.54 Å². The molecule has 14 heavy (non-hydrogen) atoms. The summed E-state index contributed by atoms with van der Waals surface area (Å²) in [7, 11) is 0. The molecule has 0 radical (unpaired) electrons. The normalized spacial score (nSPS) is 16.2.